The predicted octanol–water partition coefficient (Wildman–Crippen LogP) is 6.74. The number of hydrogen-bond donors (Lipinski definition) is 1. The molecule has 3 aliphatic rings. The summed E-state index contributed by atoms with van der Waals surface area (Å²) in [7, 11) is -1.14. The second-order valence-corrected chi connectivity index (χ2v) is 19.6. The molecule has 11 heteroatoms. The zero-order chi connectivity index (χ0) is 34.6. The Bertz CT molecular complexity index is 1250. The second-order valence-electron chi connectivity index (χ2n) is 14.9. The third-order valence-corrected chi connectivity index (χ3v) is 13.8. The fraction of sp³-hybridized carbons (Fsp3) is 0.639. The van der Waals surface area contributed by atoms with Gasteiger partial charge in [0, 0.05) is 10.1 Å². The number of carboxylic acids is 1. The van der Waals surface area contributed by atoms with Crippen molar-refractivity contribution in [2.24, 2.45) is 0 Å². The summed E-state index contributed by atoms with van der Waals surface area (Å²) in [6, 6.07) is 6.93. The van der Waals surface area contributed by atoms with E-state index in [9.17, 15) is 9.90 Å². The van der Waals surface area contributed by atoms with Crippen LogP contribution >= 0.6 is 0 Å². The van der Waals surface area contributed by atoms with Gasteiger partial charge in [0.25, 0.3) is 0 Å². The molecular formula is C36H54O10Si. The van der Waals surface area contributed by atoms with Crippen molar-refractivity contribution in [3.8, 4) is 11.5 Å². The molecule has 10 nitrogen and oxygen atoms in total. The Morgan fingerprint density at radius 2 is 1.74 bits per heavy atom. The monoisotopic (exact) mass is 674 g/mol. The van der Waals surface area contributed by atoms with Crippen molar-refractivity contribution in [2.75, 3.05) is 20.3 Å². The molecule has 47 heavy (non-hydrogen) atoms. The minimum absolute atomic E-state index is 0.166. The van der Waals surface area contributed by atoms with Crippen LogP contribution < -0.4 is 9.47 Å². The van der Waals surface area contributed by atoms with Crippen LogP contribution in [0.15, 0.2) is 61.2 Å². The fourth-order valence-electron chi connectivity index (χ4n) is 6.63. The summed E-state index contributed by atoms with van der Waals surface area (Å²) in [5.41, 5.74) is 0. The summed E-state index contributed by atoms with van der Waals surface area (Å²) in [5.74, 6) is -0.818. The van der Waals surface area contributed by atoms with Crippen LogP contribution in [0.3, 0.4) is 0 Å². The van der Waals surface area contributed by atoms with Gasteiger partial charge in [-0.2, -0.15) is 0 Å². The third kappa shape index (κ3) is 8.94. The standard InChI is InChI=1S/C36H54O10Si/c1-11-13-27-28(14-12-15-29-31(43-27)23-41-47(46-29,34(2,3)4)35(5,6)7)44-32(33(37)38)30(21-20-26-22-40-36(8,9)45-26)42-25-18-16-24(39-10)17-19-25/h11-12,14,16-21,26-32H,1,13,15,22-23H2,2-10H3,(H,37,38)/b14-12-,21-20+/t26-,27+,28-,29+,30-,31-,32-/m0/s1. The van der Waals surface area contributed by atoms with Gasteiger partial charge in [-0.3, -0.25) is 0 Å². The number of fused-ring (bicyclic) bond motifs is 1. The first kappa shape index (κ1) is 37.3. The highest BCUT2D eigenvalue weighted by molar-refractivity contribution is 6.73. The van der Waals surface area contributed by atoms with Crippen LogP contribution in [0, 0.1) is 0 Å². The molecule has 0 unspecified atom stereocenters. The molecule has 1 aromatic rings. The molecule has 2 fully saturated rings. The predicted molar refractivity (Wildman–Crippen MR) is 181 cm³/mol. The van der Waals surface area contributed by atoms with Crippen LogP contribution in [-0.2, 0) is 32.6 Å². The largest absolute Gasteiger partial charge is 0.497 e. The average Bonchev–Trinajstić information content (AvgIpc) is 3.33. The van der Waals surface area contributed by atoms with Crippen LogP contribution in [0.5, 0.6) is 11.5 Å². The number of rotatable bonds is 11. The highest BCUT2D eigenvalue weighted by atomic mass is 28.4. The topological polar surface area (TPSA) is 111 Å². The van der Waals surface area contributed by atoms with Crippen molar-refractivity contribution in [2.45, 2.75) is 127 Å². The van der Waals surface area contributed by atoms with Crippen molar-refractivity contribution in [1.29, 1.82) is 0 Å². The SMILES string of the molecule is C=CC[C@H]1O[C@H]2CO[Si](C(C)(C)C)(C(C)(C)C)O[C@@H]2C/C=C\[C@@H]1O[C@H](C(=O)O)[C@H](/C=C/[C@H]1COC(C)(C)O1)Oc1ccc(OC)cc1. The van der Waals surface area contributed by atoms with Crippen LogP contribution in [0.1, 0.15) is 68.2 Å². The first-order chi connectivity index (χ1) is 22.0. The van der Waals surface area contributed by atoms with Gasteiger partial charge >= 0.3 is 14.5 Å². The van der Waals surface area contributed by atoms with Gasteiger partial charge in [-0.25, -0.2) is 4.79 Å². The first-order valence-electron chi connectivity index (χ1n) is 16.4. The smallest absolute Gasteiger partial charge is 0.349 e. The minimum atomic E-state index is -2.71. The molecule has 0 bridgehead atoms. The third-order valence-electron chi connectivity index (χ3n) is 8.69. The normalized spacial score (nSPS) is 29.6. The number of carboxylic acid groups (broad SMARTS) is 1. The maximum Gasteiger partial charge on any atom is 0.349 e. The minimum Gasteiger partial charge on any atom is -0.497 e. The highest BCUT2D eigenvalue weighted by Gasteiger charge is 2.62. The summed E-state index contributed by atoms with van der Waals surface area (Å²) in [6.07, 6.45) is 5.44. The van der Waals surface area contributed by atoms with E-state index >= 15 is 0 Å². The molecule has 4 rings (SSSR count). The Morgan fingerprint density at radius 3 is 2.30 bits per heavy atom. The molecular weight excluding hydrogens is 620 g/mol. The van der Waals surface area contributed by atoms with Gasteiger partial charge in [0.15, 0.2) is 18.0 Å². The van der Waals surface area contributed by atoms with Crippen molar-refractivity contribution in [3.63, 3.8) is 0 Å². The Morgan fingerprint density at radius 1 is 1.09 bits per heavy atom. The van der Waals surface area contributed by atoms with E-state index < -0.39 is 44.7 Å². The Kier molecular flexibility index (Phi) is 11.9. The summed E-state index contributed by atoms with van der Waals surface area (Å²) in [5, 5.41) is 10.2. The summed E-state index contributed by atoms with van der Waals surface area (Å²) >= 11 is 0. The van der Waals surface area contributed by atoms with E-state index in [2.05, 4.69) is 48.1 Å². The Balaban J connectivity index is 1.61. The zero-order valence-corrected chi connectivity index (χ0v) is 30.4. The molecule has 0 spiro atoms. The van der Waals surface area contributed by atoms with E-state index in [1.807, 2.05) is 26.0 Å². The molecule has 3 aliphatic heterocycles. The van der Waals surface area contributed by atoms with E-state index in [-0.39, 0.29) is 28.4 Å². The lowest BCUT2D eigenvalue weighted by Gasteiger charge is -2.55. The van der Waals surface area contributed by atoms with Gasteiger partial charge in [-0.15, -0.1) is 6.58 Å². The number of methoxy groups -OCH3 is 1. The van der Waals surface area contributed by atoms with E-state index in [1.54, 1.807) is 49.6 Å². The highest BCUT2D eigenvalue weighted by Crippen LogP contribution is 2.54. The van der Waals surface area contributed by atoms with Crippen LogP contribution in [0.4, 0.5) is 0 Å². The van der Waals surface area contributed by atoms with Crippen LogP contribution in [0.25, 0.3) is 0 Å². The van der Waals surface area contributed by atoms with E-state index in [0.717, 1.165) is 0 Å². The van der Waals surface area contributed by atoms with E-state index in [4.69, 9.17) is 37.3 Å². The molecule has 7 atom stereocenters. The molecule has 0 radical (unpaired) electrons. The van der Waals surface area contributed by atoms with Gasteiger partial charge in [0.2, 0.25) is 0 Å². The number of hydrogen-bond acceptors (Lipinski definition) is 9. The molecule has 262 valence electrons. The quantitative estimate of drug-likeness (QED) is 0.200. The maximum atomic E-state index is 12.9. The zero-order valence-electron chi connectivity index (χ0n) is 29.4. The molecule has 0 aliphatic carbocycles. The second kappa shape index (κ2) is 14.9. The molecule has 0 amide bonds. The lowest BCUT2D eigenvalue weighted by Crippen LogP contribution is -2.65. The van der Waals surface area contributed by atoms with E-state index in [0.29, 0.717) is 37.6 Å². The van der Waals surface area contributed by atoms with Gasteiger partial charge in [-0.1, -0.05) is 65.8 Å². The van der Waals surface area contributed by atoms with Gasteiger partial charge in [0.1, 0.15) is 29.8 Å². The first-order valence-corrected chi connectivity index (χ1v) is 18.2. The number of benzene rings is 1. The molecule has 0 aromatic heterocycles. The van der Waals surface area contributed by atoms with Gasteiger partial charge in [0.05, 0.1) is 32.5 Å². The summed E-state index contributed by atoms with van der Waals surface area (Å²) in [4.78, 5) is 12.9. The van der Waals surface area contributed by atoms with Crippen LogP contribution in [0.2, 0.25) is 10.1 Å². The lowest BCUT2D eigenvalue weighted by molar-refractivity contribution is -0.181. The van der Waals surface area contributed by atoms with Crippen LogP contribution in [-0.4, -0.2) is 88.5 Å². The number of aliphatic carboxylic acids is 1. The Hall–Kier alpha value is -2.51. The Labute approximate surface area is 281 Å². The number of carbonyl (C=O) groups is 1. The number of ether oxygens (including phenoxy) is 6. The van der Waals surface area contributed by atoms with Crippen molar-refractivity contribution >= 4 is 14.5 Å². The fourth-order valence-corrected chi connectivity index (χ4v) is 11.6. The van der Waals surface area contributed by atoms with Gasteiger partial charge < -0.3 is 42.4 Å². The summed E-state index contributed by atoms with van der Waals surface area (Å²) < 4.78 is 49.9. The van der Waals surface area contributed by atoms with Crippen molar-refractivity contribution in [3.05, 3.63) is 61.2 Å². The molecule has 2 saturated heterocycles. The van der Waals surface area contributed by atoms with Crippen molar-refractivity contribution < 1.29 is 47.2 Å². The van der Waals surface area contributed by atoms with E-state index in [1.165, 1.54) is 0 Å². The lowest BCUT2D eigenvalue weighted by atomic mass is 10.0. The molecule has 3 heterocycles. The van der Waals surface area contributed by atoms with Crippen molar-refractivity contribution in [1.82, 2.24) is 0 Å². The van der Waals surface area contributed by atoms with Gasteiger partial charge in [-0.05, 0) is 57.0 Å². The summed E-state index contributed by atoms with van der Waals surface area (Å²) in [6.45, 7) is 21.4. The maximum absolute atomic E-state index is 12.9. The molecule has 1 N–H and O–H groups in total. The molecule has 1 aromatic carbocycles. The average molecular weight is 675 g/mol. The molecule has 0 saturated carbocycles.